The molecule has 0 bridgehead atoms. The van der Waals surface area contributed by atoms with Gasteiger partial charge in [0, 0.05) is 52.0 Å². The molecule has 0 amide bonds. The summed E-state index contributed by atoms with van der Waals surface area (Å²) < 4.78 is 0. The van der Waals surface area contributed by atoms with Crippen LogP contribution in [-0.2, 0) is 6.54 Å². The minimum atomic E-state index is 0.467. The van der Waals surface area contributed by atoms with Gasteiger partial charge in [-0.2, -0.15) is 0 Å². The van der Waals surface area contributed by atoms with Crippen molar-refractivity contribution >= 4 is 11.8 Å². The highest BCUT2D eigenvalue weighted by Crippen LogP contribution is 2.15. The Kier molecular flexibility index (Phi) is 5.69. The highest BCUT2D eigenvalue weighted by Gasteiger charge is 2.15. The Balaban J connectivity index is 1.54. The zero-order chi connectivity index (χ0) is 16.8. The zero-order valence-corrected chi connectivity index (χ0v) is 14.7. The van der Waals surface area contributed by atoms with E-state index in [0.717, 1.165) is 57.3 Å². The van der Waals surface area contributed by atoms with Gasteiger partial charge < -0.3 is 20.4 Å². The van der Waals surface area contributed by atoms with Crippen molar-refractivity contribution in [3.63, 3.8) is 0 Å². The van der Waals surface area contributed by atoms with E-state index in [4.69, 9.17) is 0 Å². The van der Waals surface area contributed by atoms with Gasteiger partial charge in [-0.1, -0.05) is 12.2 Å². The lowest BCUT2D eigenvalue weighted by Crippen LogP contribution is -2.45. The molecule has 130 valence electrons. The number of likely N-dealkylation sites (N-methyl/N-ethyl adjacent to an activating group) is 1. The minimum Gasteiger partial charge on any atom is -0.354 e. The molecule has 1 aromatic rings. The number of aromatic nitrogens is 1. The summed E-state index contributed by atoms with van der Waals surface area (Å²) in [5.74, 6) is 1.94. The average Bonchev–Trinajstić information content (AvgIpc) is 3.12. The topological polar surface area (TPSA) is 55.8 Å². The van der Waals surface area contributed by atoms with Crippen molar-refractivity contribution in [3.05, 3.63) is 36.0 Å². The van der Waals surface area contributed by atoms with Crippen LogP contribution in [0.2, 0.25) is 0 Å². The van der Waals surface area contributed by atoms with E-state index >= 15 is 0 Å². The van der Waals surface area contributed by atoms with Gasteiger partial charge >= 0.3 is 0 Å². The molecule has 1 fully saturated rings. The second kappa shape index (κ2) is 8.15. The number of guanidine groups is 1. The lowest BCUT2D eigenvalue weighted by atomic mass is 10.2. The van der Waals surface area contributed by atoms with Crippen molar-refractivity contribution in [2.45, 2.75) is 25.4 Å². The molecule has 2 aliphatic rings. The maximum absolute atomic E-state index is 4.54. The fourth-order valence-electron chi connectivity index (χ4n) is 3.09. The lowest BCUT2D eigenvalue weighted by molar-refractivity contribution is 0.312. The highest BCUT2D eigenvalue weighted by molar-refractivity contribution is 5.80. The van der Waals surface area contributed by atoms with Crippen LogP contribution in [0.4, 0.5) is 5.82 Å². The molecule has 0 saturated carbocycles. The third-order valence-electron chi connectivity index (χ3n) is 4.67. The molecule has 24 heavy (non-hydrogen) atoms. The number of aliphatic imine (C=N–C) groups is 1. The molecule has 6 nitrogen and oxygen atoms in total. The number of anilines is 1. The Bertz CT molecular complexity index is 581. The van der Waals surface area contributed by atoms with E-state index in [1.54, 1.807) is 0 Å². The molecule has 0 spiro atoms. The first kappa shape index (κ1) is 16.8. The van der Waals surface area contributed by atoms with Gasteiger partial charge in [-0.3, -0.25) is 4.99 Å². The Morgan fingerprint density at radius 2 is 2.00 bits per heavy atom. The minimum absolute atomic E-state index is 0.467. The van der Waals surface area contributed by atoms with Gasteiger partial charge in [-0.05, 0) is 37.6 Å². The van der Waals surface area contributed by atoms with Crippen molar-refractivity contribution < 1.29 is 0 Å². The largest absolute Gasteiger partial charge is 0.354 e. The van der Waals surface area contributed by atoms with Crippen LogP contribution < -0.4 is 15.5 Å². The maximum atomic E-state index is 4.54. The summed E-state index contributed by atoms with van der Waals surface area (Å²) in [4.78, 5) is 13.6. The summed E-state index contributed by atoms with van der Waals surface area (Å²) in [5, 5.41) is 6.87. The lowest BCUT2D eigenvalue weighted by Gasteiger charge is -2.33. The first-order valence-corrected chi connectivity index (χ1v) is 8.75. The van der Waals surface area contributed by atoms with Crippen LogP contribution in [0.5, 0.6) is 0 Å². The normalized spacial score (nSPS) is 19.8. The molecular formula is C18H28N6. The van der Waals surface area contributed by atoms with Crippen molar-refractivity contribution in [2.75, 3.05) is 45.2 Å². The molecule has 1 saturated heterocycles. The zero-order valence-electron chi connectivity index (χ0n) is 14.7. The number of rotatable bonds is 4. The monoisotopic (exact) mass is 328 g/mol. The van der Waals surface area contributed by atoms with Crippen LogP contribution in [0, 0.1) is 0 Å². The van der Waals surface area contributed by atoms with E-state index in [-0.39, 0.29) is 0 Å². The molecular weight excluding hydrogens is 300 g/mol. The highest BCUT2D eigenvalue weighted by atomic mass is 15.3. The fraction of sp³-hybridized carbons (Fsp3) is 0.556. The number of piperazine rings is 1. The molecule has 0 atom stereocenters. The fourth-order valence-corrected chi connectivity index (χ4v) is 3.09. The number of hydrogen-bond donors (Lipinski definition) is 2. The standard InChI is InChI=1S/C18H28N6/c1-19-18(22-16-5-3-4-6-16)21-14-15-7-8-20-17(13-15)24-11-9-23(2)10-12-24/h3-4,7-8,13,16H,5-6,9-12,14H2,1-2H3,(H2,19,21,22). The van der Waals surface area contributed by atoms with Crippen LogP contribution >= 0.6 is 0 Å². The third-order valence-corrected chi connectivity index (χ3v) is 4.67. The van der Waals surface area contributed by atoms with Crippen LogP contribution in [0.15, 0.2) is 35.5 Å². The number of nitrogens with one attached hydrogen (secondary N) is 2. The summed E-state index contributed by atoms with van der Waals surface area (Å²) in [6.45, 7) is 5.02. The van der Waals surface area contributed by atoms with Gasteiger partial charge in [0.1, 0.15) is 5.82 Å². The van der Waals surface area contributed by atoms with E-state index in [1.165, 1.54) is 5.56 Å². The van der Waals surface area contributed by atoms with Crippen molar-refractivity contribution in [1.82, 2.24) is 20.5 Å². The van der Waals surface area contributed by atoms with Crippen molar-refractivity contribution in [1.29, 1.82) is 0 Å². The van der Waals surface area contributed by atoms with Crippen molar-refractivity contribution in [2.24, 2.45) is 4.99 Å². The molecule has 2 heterocycles. The van der Waals surface area contributed by atoms with Gasteiger partial charge in [0.15, 0.2) is 5.96 Å². The molecule has 0 radical (unpaired) electrons. The first-order chi connectivity index (χ1) is 11.7. The van der Waals surface area contributed by atoms with Gasteiger partial charge in [0.05, 0.1) is 0 Å². The molecule has 1 aliphatic heterocycles. The first-order valence-electron chi connectivity index (χ1n) is 8.75. The summed E-state index contributed by atoms with van der Waals surface area (Å²) in [6.07, 6.45) is 8.49. The van der Waals surface area contributed by atoms with Crippen LogP contribution in [-0.4, -0.2) is 62.2 Å². The molecule has 1 aromatic heterocycles. The van der Waals surface area contributed by atoms with E-state index in [9.17, 15) is 0 Å². The molecule has 2 N–H and O–H groups in total. The molecule has 1 aliphatic carbocycles. The number of pyridine rings is 1. The predicted octanol–water partition coefficient (Wildman–Crippen LogP) is 1.22. The second-order valence-electron chi connectivity index (χ2n) is 6.52. The Morgan fingerprint density at radius 3 is 2.71 bits per heavy atom. The Labute approximate surface area is 144 Å². The van der Waals surface area contributed by atoms with Gasteiger partial charge in [0.2, 0.25) is 0 Å². The van der Waals surface area contributed by atoms with Gasteiger partial charge in [-0.15, -0.1) is 0 Å². The molecule has 0 aromatic carbocycles. The molecule has 6 heteroatoms. The quantitative estimate of drug-likeness (QED) is 0.494. The van der Waals surface area contributed by atoms with Crippen LogP contribution in [0.1, 0.15) is 18.4 Å². The van der Waals surface area contributed by atoms with Gasteiger partial charge in [0.25, 0.3) is 0 Å². The van der Waals surface area contributed by atoms with Crippen LogP contribution in [0.3, 0.4) is 0 Å². The Morgan fingerprint density at radius 1 is 1.25 bits per heavy atom. The average molecular weight is 328 g/mol. The third kappa shape index (κ3) is 4.47. The summed E-state index contributed by atoms with van der Waals surface area (Å²) in [5.41, 5.74) is 1.23. The number of hydrogen-bond acceptors (Lipinski definition) is 4. The smallest absolute Gasteiger partial charge is 0.191 e. The number of nitrogens with zero attached hydrogens (tertiary/aromatic N) is 4. The predicted molar refractivity (Wildman–Crippen MR) is 99.4 cm³/mol. The SMILES string of the molecule is CN=C(NCc1ccnc(N2CCN(C)CC2)c1)NC1CC=CC1. The van der Waals surface area contributed by atoms with E-state index in [1.807, 2.05) is 13.2 Å². The summed E-state index contributed by atoms with van der Waals surface area (Å²) >= 11 is 0. The van der Waals surface area contributed by atoms with Gasteiger partial charge in [-0.25, -0.2) is 4.98 Å². The second-order valence-corrected chi connectivity index (χ2v) is 6.52. The van der Waals surface area contributed by atoms with Crippen molar-refractivity contribution in [3.8, 4) is 0 Å². The van der Waals surface area contributed by atoms with Crippen LogP contribution in [0.25, 0.3) is 0 Å². The Hall–Kier alpha value is -2.08. The molecule has 3 rings (SSSR count). The maximum Gasteiger partial charge on any atom is 0.191 e. The summed E-state index contributed by atoms with van der Waals surface area (Å²) in [7, 11) is 3.99. The van der Waals surface area contributed by atoms with E-state index < -0.39 is 0 Å². The van der Waals surface area contributed by atoms with E-state index in [0.29, 0.717) is 6.04 Å². The molecule has 0 unspecified atom stereocenters. The summed E-state index contributed by atoms with van der Waals surface area (Å²) in [6, 6.07) is 4.72. The van der Waals surface area contributed by atoms with E-state index in [2.05, 4.69) is 61.7 Å².